The molecule has 6 nitrogen and oxygen atoms in total. The second-order valence-corrected chi connectivity index (χ2v) is 7.88. The van der Waals surface area contributed by atoms with Crippen molar-refractivity contribution in [1.29, 1.82) is 0 Å². The van der Waals surface area contributed by atoms with Crippen LogP contribution in [0.1, 0.15) is 31.2 Å². The number of hydrogen-bond donors (Lipinski definition) is 0. The highest BCUT2D eigenvalue weighted by molar-refractivity contribution is 6.33. The van der Waals surface area contributed by atoms with Crippen molar-refractivity contribution >= 4 is 11.6 Å². The predicted octanol–water partition coefficient (Wildman–Crippen LogP) is 2.91. The number of aromatic nitrogens is 4. The van der Waals surface area contributed by atoms with Crippen molar-refractivity contribution in [3.63, 3.8) is 0 Å². The Hall–Kier alpha value is -1.94. The van der Waals surface area contributed by atoms with Crippen molar-refractivity contribution < 1.29 is 9.47 Å². The first-order valence-corrected chi connectivity index (χ1v) is 9.38. The summed E-state index contributed by atoms with van der Waals surface area (Å²) in [5, 5.41) is 8.86. The Labute approximate surface area is 156 Å². The van der Waals surface area contributed by atoms with Crippen molar-refractivity contribution in [1.82, 2.24) is 20.0 Å². The third-order valence-corrected chi connectivity index (χ3v) is 5.35. The van der Waals surface area contributed by atoms with Crippen LogP contribution in [-0.4, -0.2) is 39.5 Å². The standard InChI is InChI=1S/C19H19ClN4O2/c20-15-7-14(4-3-13-1-2-13)8-21-18(15)16-9-24(23-22-16)10-17-25-11-19(5-6-19)12-26-17/h7-9,13,17H,1-2,5-6,10-12H2. The summed E-state index contributed by atoms with van der Waals surface area (Å²) in [5.74, 6) is 6.88. The van der Waals surface area contributed by atoms with Gasteiger partial charge in [0.1, 0.15) is 11.4 Å². The number of rotatable bonds is 3. The molecule has 0 aromatic carbocycles. The fraction of sp³-hybridized carbons (Fsp3) is 0.526. The lowest BCUT2D eigenvalue weighted by Gasteiger charge is -2.29. The van der Waals surface area contributed by atoms with Gasteiger partial charge in [0.15, 0.2) is 6.29 Å². The SMILES string of the molecule is Clc1cc(C#CC2CC2)cnc1-c1cn(CC2OCC3(CC3)CO2)nn1. The number of nitrogens with zero attached hydrogens (tertiary/aromatic N) is 4. The highest BCUT2D eigenvalue weighted by Crippen LogP contribution is 2.48. The molecule has 2 aromatic rings. The molecule has 1 saturated heterocycles. The Morgan fingerprint density at radius 2 is 2.08 bits per heavy atom. The van der Waals surface area contributed by atoms with Gasteiger partial charge in [0.25, 0.3) is 0 Å². The molecule has 0 N–H and O–H groups in total. The van der Waals surface area contributed by atoms with Gasteiger partial charge in [-0.25, -0.2) is 4.68 Å². The lowest BCUT2D eigenvalue weighted by Crippen LogP contribution is -2.36. The van der Waals surface area contributed by atoms with E-state index in [1.165, 1.54) is 25.7 Å². The minimum Gasteiger partial charge on any atom is -0.350 e. The Morgan fingerprint density at radius 3 is 2.77 bits per heavy atom. The molecule has 1 spiro atoms. The first kappa shape index (κ1) is 16.2. The average Bonchev–Trinajstić information content (AvgIpc) is 3.57. The Kier molecular flexibility index (Phi) is 3.96. The van der Waals surface area contributed by atoms with Gasteiger partial charge >= 0.3 is 0 Å². The maximum atomic E-state index is 6.38. The van der Waals surface area contributed by atoms with Crippen molar-refractivity contribution in [2.45, 2.75) is 38.5 Å². The van der Waals surface area contributed by atoms with Gasteiger partial charge in [-0.3, -0.25) is 4.98 Å². The molecular weight excluding hydrogens is 352 g/mol. The first-order chi connectivity index (χ1) is 12.7. The molecule has 0 unspecified atom stereocenters. The van der Waals surface area contributed by atoms with E-state index in [9.17, 15) is 0 Å². The summed E-state index contributed by atoms with van der Waals surface area (Å²) in [6.07, 6.45) is 8.08. The van der Waals surface area contributed by atoms with Gasteiger partial charge in [-0.2, -0.15) is 0 Å². The molecule has 5 rings (SSSR count). The lowest BCUT2D eigenvalue weighted by atomic mass is 10.1. The molecule has 3 aliphatic rings. The maximum Gasteiger partial charge on any atom is 0.177 e. The van der Waals surface area contributed by atoms with Crippen molar-refractivity contribution in [3.8, 4) is 23.2 Å². The van der Waals surface area contributed by atoms with E-state index >= 15 is 0 Å². The van der Waals surface area contributed by atoms with E-state index in [1.807, 2.05) is 12.3 Å². The van der Waals surface area contributed by atoms with Gasteiger partial charge < -0.3 is 9.47 Å². The van der Waals surface area contributed by atoms with Crippen LogP contribution >= 0.6 is 11.6 Å². The third-order valence-electron chi connectivity index (χ3n) is 5.06. The highest BCUT2D eigenvalue weighted by Gasteiger charge is 2.46. The fourth-order valence-electron chi connectivity index (χ4n) is 2.96. The highest BCUT2D eigenvalue weighted by atomic mass is 35.5. The molecule has 0 atom stereocenters. The molecule has 2 aromatic heterocycles. The zero-order chi connectivity index (χ0) is 17.6. The van der Waals surface area contributed by atoms with E-state index in [2.05, 4.69) is 27.1 Å². The number of halogens is 1. The molecule has 3 heterocycles. The zero-order valence-corrected chi connectivity index (χ0v) is 15.1. The Balaban J connectivity index is 1.26. The van der Waals surface area contributed by atoms with Gasteiger partial charge in [0.2, 0.25) is 0 Å². The van der Waals surface area contributed by atoms with Crippen LogP contribution in [0.15, 0.2) is 18.5 Å². The van der Waals surface area contributed by atoms with Crippen molar-refractivity contribution in [2.75, 3.05) is 13.2 Å². The van der Waals surface area contributed by atoms with Crippen LogP contribution in [0.4, 0.5) is 0 Å². The quantitative estimate of drug-likeness (QED) is 0.777. The maximum absolute atomic E-state index is 6.38. The van der Waals surface area contributed by atoms with Crippen LogP contribution in [-0.2, 0) is 16.0 Å². The molecular formula is C19H19ClN4O2. The molecule has 2 saturated carbocycles. The largest absolute Gasteiger partial charge is 0.350 e. The van der Waals surface area contributed by atoms with E-state index in [0.717, 1.165) is 18.8 Å². The lowest BCUT2D eigenvalue weighted by molar-refractivity contribution is -0.213. The van der Waals surface area contributed by atoms with Gasteiger partial charge in [-0.15, -0.1) is 5.10 Å². The predicted molar refractivity (Wildman–Crippen MR) is 95.2 cm³/mol. The van der Waals surface area contributed by atoms with Crippen LogP contribution in [0.3, 0.4) is 0 Å². The van der Waals surface area contributed by atoms with E-state index < -0.39 is 0 Å². The number of hydrogen-bond acceptors (Lipinski definition) is 5. The molecule has 7 heteroatoms. The topological polar surface area (TPSA) is 62.1 Å². The van der Waals surface area contributed by atoms with Crippen molar-refractivity contribution in [3.05, 3.63) is 29.0 Å². The number of pyridine rings is 1. The summed E-state index contributed by atoms with van der Waals surface area (Å²) in [7, 11) is 0. The molecule has 3 fully saturated rings. The molecule has 1 aliphatic heterocycles. The monoisotopic (exact) mass is 370 g/mol. The summed E-state index contributed by atoms with van der Waals surface area (Å²) >= 11 is 6.38. The summed E-state index contributed by atoms with van der Waals surface area (Å²) in [5.41, 5.74) is 2.37. The number of ether oxygens (including phenoxy) is 2. The minimum atomic E-state index is -0.278. The molecule has 26 heavy (non-hydrogen) atoms. The second-order valence-electron chi connectivity index (χ2n) is 7.48. The zero-order valence-electron chi connectivity index (χ0n) is 14.3. The van der Waals surface area contributed by atoms with Gasteiger partial charge in [-0.05, 0) is 31.7 Å². The minimum absolute atomic E-state index is 0.278. The Bertz CT molecular complexity index is 882. The summed E-state index contributed by atoms with van der Waals surface area (Å²) in [6.45, 7) is 2.05. The van der Waals surface area contributed by atoms with Crippen LogP contribution in [0, 0.1) is 23.2 Å². The van der Waals surface area contributed by atoms with E-state index in [4.69, 9.17) is 21.1 Å². The summed E-state index contributed by atoms with van der Waals surface area (Å²) < 4.78 is 13.3. The van der Waals surface area contributed by atoms with Crippen LogP contribution in [0.5, 0.6) is 0 Å². The Morgan fingerprint density at radius 1 is 1.27 bits per heavy atom. The van der Waals surface area contributed by atoms with Crippen LogP contribution in [0.25, 0.3) is 11.4 Å². The van der Waals surface area contributed by atoms with Gasteiger partial charge in [0.05, 0.1) is 31.0 Å². The fourth-order valence-corrected chi connectivity index (χ4v) is 3.22. The first-order valence-electron chi connectivity index (χ1n) is 9.00. The van der Waals surface area contributed by atoms with E-state index in [1.54, 1.807) is 10.9 Å². The average molecular weight is 371 g/mol. The molecule has 2 aliphatic carbocycles. The molecule has 134 valence electrons. The van der Waals surface area contributed by atoms with Gasteiger partial charge in [0, 0.05) is 23.1 Å². The van der Waals surface area contributed by atoms with E-state index in [-0.39, 0.29) is 6.29 Å². The molecule has 0 amide bonds. The third kappa shape index (κ3) is 3.48. The molecule has 0 radical (unpaired) electrons. The summed E-state index contributed by atoms with van der Waals surface area (Å²) in [6, 6.07) is 1.83. The van der Waals surface area contributed by atoms with Crippen molar-refractivity contribution in [2.24, 2.45) is 11.3 Å². The smallest absolute Gasteiger partial charge is 0.177 e. The molecule has 0 bridgehead atoms. The van der Waals surface area contributed by atoms with Crippen LogP contribution in [0.2, 0.25) is 5.02 Å². The second kappa shape index (κ2) is 6.34. The van der Waals surface area contributed by atoms with Gasteiger partial charge in [-0.1, -0.05) is 28.7 Å². The normalized spacial score (nSPS) is 21.4. The summed E-state index contributed by atoms with van der Waals surface area (Å²) in [4.78, 5) is 4.42. The van der Waals surface area contributed by atoms with E-state index in [0.29, 0.717) is 34.3 Å². The van der Waals surface area contributed by atoms with Crippen LogP contribution < -0.4 is 0 Å².